The second kappa shape index (κ2) is 16.0. The molecule has 23 heteroatoms. The first-order valence-electron chi connectivity index (χ1n) is 15.9. The highest BCUT2D eigenvalue weighted by molar-refractivity contribution is 6.47. The standard InChI is InChI=1S/C32H27BClF4N5O12/c34-21-14(11-18(38)24(45)25(21)46)22(28(48)40-19-10-12-2-3-15(35)20(31(51)52)26(12)55-33(19)54)41-32(53)43-7-6-42(29(49)30(43)50)5-1-4-39-27(47)13-8-16(36)23(44)17(37)9-13/h2-3,8-9,11,19,22,44-46,54H,1,4-7,10H2,(H,39,47)(H,40,48)(H,41,53)(H,51,52)/t19-,22?/m0/s1. The lowest BCUT2D eigenvalue weighted by molar-refractivity contribution is -0.153. The number of amides is 6. The van der Waals surface area contributed by atoms with Crippen LogP contribution >= 0.6 is 11.6 Å². The summed E-state index contributed by atoms with van der Waals surface area (Å²) in [7, 11) is -2.01. The van der Waals surface area contributed by atoms with Crippen LogP contribution in [-0.2, 0) is 20.8 Å². The van der Waals surface area contributed by atoms with E-state index >= 15 is 0 Å². The molecule has 2 heterocycles. The Morgan fingerprint density at radius 2 is 1.58 bits per heavy atom. The average Bonchev–Trinajstić information content (AvgIpc) is 3.13. The van der Waals surface area contributed by atoms with Gasteiger partial charge in [-0.05, 0) is 42.7 Å². The molecule has 0 aliphatic carbocycles. The van der Waals surface area contributed by atoms with E-state index in [1.165, 1.54) is 0 Å². The first-order chi connectivity index (χ1) is 25.9. The number of aromatic carboxylic acids is 1. The first kappa shape index (κ1) is 39.9. The van der Waals surface area contributed by atoms with Gasteiger partial charge in [0.1, 0.15) is 23.2 Å². The number of imide groups is 1. The number of phenols is 3. The van der Waals surface area contributed by atoms with Crippen molar-refractivity contribution >= 4 is 54.3 Å². The molecule has 1 fully saturated rings. The van der Waals surface area contributed by atoms with Gasteiger partial charge in [-0.25, -0.2) is 27.2 Å². The Balaban J connectivity index is 1.27. The zero-order valence-electron chi connectivity index (χ0n) is 27.7. The van der Waals surface area contributed by atoms with E-state index in [4.69, 9.17) is 16.3 Å². The number of carboxylic acids is 1. The molecule has 55 heavy (non-hydrogen) atoms. The number of piperazine rings is 1. The minimum Gasteiger partial charge on any atom is -0.534 e. The first-order valence-corrected chi connectivity index (χ1v) is 16.3. The number of fused-ring (bicyclic) bond motifs is 1. The van der Waals surface area contributed by atoms with Crippen molar-refractivity contribution in [2.24, 2.45) is 0 Å². The van der Waals surface area contributed by atoms with E-state index in [9.17, 15) is 71.8 Å². The number of hydrogen-bond acceptors (Lipinski definition) is 11. The van der Waals surface area contributed by atoms with E-state index in [2.05, 4.69) is 16.0 Å². The van der Waals surface area contributed by atoms with Gasteiger partial charge < -0.3 is 51.0 Å². The quantitative estimate of drug-likeness (QED) is 0.0472. The topological polar surface area (TPSA) is 255 Å². The summed E-state index contributed by atoms with van der Waals surface area (Å²) in [6, 6.07) is 0.134. The molecule has 3 aromatic rings. The zero-order valence-corrected chi connectivity index (χ0v) is 28.5. The maximum atomic E-state index is 14.6. The number of phenolic OH excluding ortho intramolecular Hbond substituents is 3. The van der Waals surface area contributed by atoms with Gasteiger partial charge in [-0.15, -0.1) is 0 Å². The van der Waals surface area contributed by atoms with Crippen LogP contribution in [0.5, 0.6) is 23.0 Å². The van der Waals surface area contributed by atoms with Gasteiger partial charge in [0.2, 0.25) is 5.91 Å². The summed E-state index contributed by atoms with van der Waals surface area (Å²) in [5.74, 6) is -17.6. The van der Waals surface area contributed by atoms with Crippen molar-refractivity contribution in [1.82, 2.24) is 25.8 Å². The van der Waals surface area contributed by atoms with E-state index in [1.807, 2.05) is 0 Å². The number of halogens is 5. The number of rotatable bonds is 10. The monoisotopic (exact) mass is 795 g/mol. The Hall–Kier alpha value is -6.29. The predicted molar refractivity (Wildman–Crippen MR) is 177 cm³/mol. The van der Waals surface area contributed by atoms with Crippen LogP contribution in [0.1, 0.15) is 44.3 Å². The van der Waals surface area contributed by atoms with Crippen LogP contribution in [0.25, 0.3) is 0 Å². The van der Waals surface area contributed by atoms with E-state index in [0.29, 0.717) is 23.1 Å². The molecule has 17 nitrogen and oxygen atoms in total. The van der Waals surface area contributed by atoms with Crippen molar-refractivity contribution < 1.29 is 76.4 Å². The number of hydrogen-bond donors (Lipinski definition) is 8. The van der Waals surface area contributed by atoms with E-state index in [-0.39, 0.29) is 38.0 Å². The molecule has 5 rings (SSSR count). The molecule has 1 saturated heterocycles. The SMILES string of the molecule is O=C(NCCCN1CCN(C(=O)NC(C(=O)N[C@H]2Cc3ccc(F)c(C(=O)O)c3OB2O)c2cc(F)c(O)c(O)c2Cl)C(=O)C1=O)c1cc(F)c(O)c(F)c1. The molecular weight excluding hydrogens is 769 g/mol. The van der Waals surface area contributed by atoms with Crippen LogP contribution in [0.2, 0.25) is 5.02 Å². The number of aromatic hydroxyl groups is 3. The fourth-order valence-electron chi connectivity index (χ4n) is 5.70. The van der Waals surface area contributed by atoms with Crippen molar-refractivity contribution in [3.63, 3.8) is 0 Å². The van der Waals surface area contributed by atoms with Crippen molar-refractivity contribution in [3.05, 3.63) is 80.9 Å². The third-order valence-electron chi connectivity index (χ3n) is 8.51. The highest BCUT2D eigenvalue weighted by Crippen LogP contribution is 2.41. The highest BCUT2D eigenvalue weighted by atomic mass is 35.5. The zero-order chi connectivity index (χ0) is 40.5. The lowest BCUT2D eigenvalue weighted by Crippen LogP contribution is -2.60. The number of carboxylic acid groups (broad SMARTS) is 1. The summed E-state index contributed by atoms with van der Waals surface area (Å²) in [4.78, 5) is 78.2. The number of nitrogens with one attached hydrogen (secondary N) is 3. The Morgan fingerprint density at radius 1 is 0.927 bits per heavy atom. The predicted octanol–water partition coefficient (Wildman–Crippen LogP) is 1.09. The highest BCUT2D eigenvalue weighted by Gasteiger charge is 2.42. The van der Waals surface area contributed by atoms with Gasteiger partial charge >= 0.3 is 30.9 Å². The van der Waals surface area contributed by atoms with Gasteiger partial charge in [0.25, 0.3) is 5.91 Å². The number of nitrogens with zero attached hydrogens (tertiary/aromatic N) is 2. The third-order valence-corrected chi connectivity index (χ3v) is 8.91. The molecule has 3 aromatic carbocycles. The van der Waals surface area contributed by atoms with Crippen molar-refractivity contribution in [2.45, 2.75) is 24.8 Å². The van der Waals surface area contributed by atoms with Gasteiger partial charge in [0.15, 0.2) is 34.7 Å². The Labute approximate surface area is 311 Å². The van der Waals surface area contributed by atoms with Crippen molar-refractivity contribution in [3.8, 4) is 23.0 Å². The largest absolute Gasteiger partial charge is 0.547 e. The molecule has 0 radical (unpaired) electrons. The summed E-state index contributed by atoms with van der Waals surface area (Å²) in [6.45, 7) is -0.986. The van der Waals surface area contributed by atoms with Gasteiger partial charge in [-0.1, -0.05) is 17.7 Å². The molecule has 1 unspecified atom stereocenters. The molecule has 0 spiro atoms. The van der Waals surface area contributed by atoms with Crippen molar-refractivity contribution in [1.29, 1.82) is 0 Å². The normalized spacial score (nSPS) is 15.9. The molecule has 0 aromatic heterocycles. The van der Waals surface area contributed by atoms with E-state index in [1.54, 1.807) is 0 Å². The molecule has 0 saturated carbocycles. The molecular formula is C32H27BClF4N5O12. The summed E-state index contributed by atoms with van der Waals surface area (Å²) in [5.41, 5.74) is -1.95. The summed E-state index contributed by atoms with van der Waals surface area (Å²) >= 11 is 6.10. The fourth-order valence-corrected chi connectivity index (χ4v) is 5.95. The summed E-state index contributed by atoms with van der Waals surface area (Å²) in [5, 5.41) is 55.1. The number of urea groups is 1. The number of carbonyl (C=O) groups is 6. The second-order valence-corrected chi connectivity index (χ2v) is 12.4. The van der Waals surface area contributed by atoms with Crippen LogP contribution in [-0.4, -0.2) is 110 Å². The van der Waals surface area contributed by atoms with Gasteiger partial charge in [-0.2, -0.15) is 0 Å². The Bertz CT molecular complexity index is 2110. The van der Waals surface area contributed by atoms with Gasteiger partial charge in [0.05, 0.1) is 11.0 Å². The van der Waals surface area contributed by atoms with Gasteiger partial charge in [-0.3, -0.25) is 24.1 Å². The van der Waals surface area contributed by atoms with Crippen LogP contribution < -0.4 is 20.6 Å². The number of carbonyl (C=O) groups excluding carboxylic acids is 5. The van der Waals surface area contributed by atoms with Crippen LogP contribution in [0.15, 0.2) is 30.3 Å². The minimum absolute atomic E-state index is 0.0322. The molecule has 2 atom stereocenters. The molecule has 2 aliphatic heterocycles. The van der Waals surface area contributed by atoms with Crippen molar-refractivity contribution in [2.75, 3.05) is 26.2 Å². The lowest BCUT2D eigenvalue weighted by Gasteiger charge is -2.34. The molecule has 8 N–H and O–H groups in total. The van der Waals surface area contributed by atoms with Crippen LogP contribution in [0, 0.1) is 23.3 Å². The third kappa shape index (κ3) is 8.14. The minimum atomic E-state index is -2.11. The fraction of sp³-hybridized carbons (Fsp3) is 0.250. The van der Waals surface area contributed by atoms with Crippen LogP contribution in [0.4, 0.5) is 22.4 Å². The maximum Gasteiger partial charge on any atom is 0.547 e. The smallest absolute Gasteiger partial charge is 0.534 e. The maximum absolute atomic E-state index is 14.6. The van der Waals surface area contributed by atoms with Crippen LogP contribution in [0.3, 0.4) is 0 Å². The molecule has 0 bridgehead atoms. The Morgan fingerprint density at radius 3 is 2.24 bits per heavy atom. The van der Waals surface area contributed by atoms with E-state index < -0.39 is 129 Å². The summed E-state index contributed by atoms with van der Waals surface area (Å²) in [6.07, 6.45) is -0.330. The molecule has 290 valence electrons. The van der Waals surface area contributed by atoms with E-state index in [0.717, 1.165) is 17.0 Å². The molecule has 6 amide bonds. The van der Waals surface area contributed by atoms with Gasteiger partial charge in [0, 0.05) is 37.3 Å². The second-order valence-electron chi connectivity index (χ2n) is 12.0. The Kier molecular flexibility index (Phi) is 11.6. The number of benzene rings is 3. The molecule has 2 aliphatic rings. The lowest BCUT2D eigenvalue weighted by atomic mass is 9.72. The average molecular weight is 796 g/mol. The summed E-state index contributed by atoms with van der Waals surface area (Å²) < 4.78 is 61.1.